The highest BCUT2D eigenvalue weighted by atomic mass is 35.5. The molecule has 1 saturated heterocycles. The number of para-hydroxylation sites is 1. The molecule has 1 N–H and O–H groups in total. The van der Waals surface area contributed by atoms with Crippen molar-refractivity contribution in [1.82, 2.24) is 9.80 Å². The van der Waals surface area contributed by atoms with E-state index in [-0.39, 0.29) is 11.8 Å². The molecular weight excluding hydrogens is 453 g/mol. The van der Waals surface area contributed by atoms with Crippen LogP contribution in [0.3, 0.4) is 0 Å². The van der Waals surface area contributed by atoms with Gasteiger partial charge in [0.15, 0.2) is 0 Å². The van der Waals surface area contributed by atoms with Gasteiger partial charge in [0.2, 0.25) is 11.8 Å². The van der Waals surface area contributed by atoms with Gasteiger partial charge in [-0.25, -0.2) is 0 Å². The second kappa shape index (κ2) is 11.2. The summed E-state index contributed by atoms with van der Waals surface area (Å²) in [7, 11) is 0. The Kier molecular flexibility index (Phi) is 8.67. The molecule has 5 nitrogen and oxygen atoms in total. The fourth-order valence-corrected chi connectivity index (χ4v) is 5.01. The fraction of sp³-hybridized carbons (Fsp3) is 0.391. The highest BCUT2D eigenvalue weighted by Gasteiger charge is 2.22. The van der Waals surface area contributed by atoms with E-state index < -0.39 is 0 Å². The van der Waals surface area contributed by atoms with Crippen molar-refractivity contribution >= 4 is 52.5 Å². The van der Waals surface area contributed by atoms with Gasteiger partial charge in [0.25, 0.3) is 0 Å². The van der Waals surface area contributed by atoms with Gasteiger partial charge < -0.3 is 10.2 Å². The number of anilines is 1. The average molecular weight is 480 g/mol. The highest BCUT2D eigenvalue weighted by Crippen LogP contribution is 2.25. The number of carbonyl (C=O) groups is 2. The van der Waals surface area contributed by atoms with Crippen LogP contribution in [0.4, 0.5) is 5.69 Å². The van der Waals surface area contributed by atoms with Crippen LogP contribution in [0.1, 0.15) is 16.7 Å². The van der Waals surface area contributed by atoms with E-state index in [2.05, 4.69) is 10.2 Å². The van der Waals surface area contributed by atoms with Gasteiger partial charge in [0, 0.05) is 47.7 Å². The molecule has 8 heteroatoms. The third-order valence-electron chi connectivity index (χ3n) is 5.34. The molecule has 0 aliphatic carbocycles. The van der Waals surface area contributed by atoms with Gasteiger partial charge in [-0.05, 0) is 42.7 Å². The molecule has 1 fully saturated rings. The van der Waals surface area contributed by atoms with Gasteiger partial charge in [-0.3, -0.25) is 14.5 Å². The number of hydrogen-bond acceptors (Lipinski definition) is 4. The molecule has 166 valence electrons. The number of hydrogen-bond donors (Lipinski definition) is 1. The second-order valence-corrected chi connectivity index (χ2v) is 9.53. The topological polar surface area (TPSA) is 52.7 Å². The number of amides is 2. The zero-order chi connectivity index (χ0) is 22.4. The minimum atomic E-state index is -0.0208. The van der Waals surface area contributed by atoms with Crippen LogP contribution in [-0.4, -0.2) is 60.1 Å². The lowest BCUT2D eigenvalue weighted by Crippen LogP contribution is -2.50. The number of thioether (sulfide) groups is 1. The summed E-state index contributed by atoms with van der Waals surface area (Å²) in [6.45, 7) is 6.98. The molecule has 1 aliphatic heterocycles. The van der Waals surface area contributed by atoms with Crippen molar-refractivity contribution in [2.75, 3.05) is 43.8 Å². The molecule has 1 heterocycles. The Morgan fingerprint density at radius 2 is 1.71 bits per heavy atom. The Labute approximate surface area is 198 Å². The van der Waals surface area contributed by atoms with Crippen LogP contribution in [0.5, 0.6) is 0 Å². The number of aryl methyl sites for hydroxylation is 2. The number of nitrogens with zero attached hydrogens (tertiary/aromatic N) is 2. The van der Waals surface area contributed by atoms with E-state index in [1.165, 1.54) is 0 Å². The van der Waals surface area contributed by atoms with E-state index in [9.17, 15) is 9.59 Å². The van der Waals surface area contributed by atoms with Crippen molar-refractivity contribution < 1.29 is 9.59 Å². The van der Waals surface area contributed by atoms with Crippen molar-refractivity contribution in [3.05, 3.63) is 63.1 Å². The Bertz CT molecular complexity index is 926. The van der Waals surface area contributed by atoms with E-state index in [0.29, 0.717) is 54.3 Å². The highest BCUT2D eigenvalue weighted by molar-refractivity contribution is 7.99. The predicted molar refractivity (Wildman–Crippen MR) is 130 cm³/mol. The zero-order valence-corrected chi connectivity index (χ0v) is 20.1. The molecule has 0 spiro atoms. The molecule has 0 atom stereocenters. The van der Waals surface area contributed by atoms with Gasteiger partial charge in [0.05, 0.1) is 12.3 Å². The molecule has 2 aromatic rings. The molecule has 0 bridgehead atoms. The van der Waals surface area contributed by atoms with Crippen LogP contribution >= 0.6 is 35.0 Å². The lowest BCUT2D eigenvalue weighted by molar-refractivity contribution is -0.130. The molecule has 2 aromatic carbocycles. The van der Waals surface area contributed by atoms with Gasteiger partial charge in [-0.2, -0.15) is 0 Å². The molecule has 2 amide bonds. The summed E-state index contributed by atoms with van der Waals surface area (Å²) >= 11 is 13.7. The summed E-state index contributed by atoms with van der Waals surface area (Å²) in [6, 6.07) is 11.4. The molecule has 31 heavy (non-hydrogen) atoms. The predicted octanol–water partition coefficient (Wildman–Crippen LogP) is 4.63. The van der Waals surface area contributed by atoms with Crippen molar-refractivity contribution in [1.29, 1.82) is 0 Å². The zero-order valence-electron chi connectivity index (χ0n) is 17.8. The molecule has 0 aromatic heterocycles. The monoisotopic (exact) mass is 479 g/mol. The lowest BCUT2D eigenvalue weighted by Gasteiger charge is -2.34. The maximum Gasteiger partial charge on any atom is 0.238 e. The minimum absolute atomic E-state index is 0.0208. The minimum Gasteiger partial charge on any atom is -0.339 e. The van der Waals surface area contributed by atoms with Gasteiger partial charge in [0.1, 0.15) is 0 Å². The maximum atomic E-state index is 12.5. The Balaban J connectivity index is 1.39. The van der Waals surface area contributed by atoms with E-state index in [4.69, 9.17) is 23.2 Å². The first-order valence-electron chi connectivity index (χ1n) is 10.2. The van der Waals surface area contributed by atoms with E-state index in [1.807, 2.05) is 43.0 Å². The molecule has 0 radical (unpaired) electrons. The van der Waals surface area contributed by atoms with E-state index in [0.717, 1.165) is 22.4 Å². The number of rotatable bonds is 7. The second-order valence-electron chi connectivity index (χ2n) is 7.70. The normalized spacial score (nSPS) is 14.5. The number of halogens is 2. The summed E-state index contributed by atoms with van der Waals surface area (Å²) in [4.78, 5) is 29.0. The molecule has 0 saturated carbocycles. The summed E-state index contributed by atoms with van der Waals surface area (Å²) in [6.07, 6.45) is 0. The first kappa shape index (κ1) is 23.9. The SMILES string of the molecule is Cc1cccc(C)c1NC(=O)CN1CCN(C(=O)CSCc2ccc(Cl)cc2Cl)CC1. The number of piperazine rings is 1. The number of nitrogens with one attached hydrogen (secondary N) is 1. The van der Waals surface area contributed by atoms with Crippen LogP contribution in [-0.2, 0) is 15.3 Å². The molecular formula is C23H27Cl2N3O2S. The summed E-state index contributed by atoms with van der Waals surface area (Å²) in [5, 5.41) is 4.26. The maximum absolute atomic E-state index is 12.5. The smallest absolute Gasteiger partial charge is 0.238 e. The third kappa shape index (κ3) is 6.88. The molecule has 3 rings (SSSR count). The van der Waals surface area contributed by atoms with Gasteiger partial charge in [-0.15, -0.1) is 11.8 Å². The molecule has 0 unspecified atom stereocenters. The first-order chi connectivity index (χ1) is 14.8. The van der Waals surface area contributed by atoms with Crippen molar-refractivity contribution in [3.63, 3.8) is 0 Å². The van der Waals surface area contributed by atoms with Crippen molar-refractivity contribution in [3.8, 4) is 0 Å². The summed E-state index contributed by atoms with van der Waals surface area (Å²) < 4.78 is 0. The van der Waals surface area contributed by atoms with Crippen LogP contribution in [0.25, 0.3) is 0 Å². The number of benzene rings is 2. The number of carbonyl (C=O) groups excluding carboxylic acids is 2. The lowest BCUT2D eigenvalue weighted by atomic mass is 10.1. The standard InChI is InChI=1S/C23H27Cl2N3O2S/c1-16-4-3-5-17(2)23(16)26-21(29)13-27-8-10-28(11-9-27)22(30)15-31-14-18-6-7-19(24)12-20(18)25/h3-7,12H,8-11,13-15H2,1-2H3,(H,26,29). The Hall–Kier alpha value is -1.73. The quantitative estimate of drug-likeness (QED) is 0.628. The van der Waals surface area contributed by atoms with Gasteiger partial charge in [-0.1, -0.05) is 47.5 Å². The van der Waals surface area contributed by atoms with Crippen LogP contribution in [0.2, 0.25) is 10.0 Å². The van der Waals surface area contributed by atoms with Gasteiger partial charge >= 0.3 is 0 Å². The summed E-state index contributed by atoms with van der Waals surface area (Å²) in [5.74, 6) is 1.17. The third-order valence-corrected chi connectivity index (χ3v) is 6.89. The van der Waals surface area contributed by atoms with Crippen molar-refractivity contribution in [2.24, 2.45) is 0 Å². The van der Waals surface area contributed by atoms with E-state index >= 15 is 0 Å². The van der Waals surface area contributed by atoms with Crippen LogP contribution < -0.4 is 5.32 Å². The summed E-state index contributed by atoms with van der Waals surface area (Å²) in [5.41, 5.74) is 3.98. The average Bonchev–Trinajstić information content (AvgIpc) is 2.73. The van der Waals surface area contributed by atoms with Crippen LogP contribution in [0.15, 0.2) is 36.4 Å². The van der Waals surface area contributed by atoms with E-state index in [1.54, 1.807) is 23.9 Å². The first-order valence-corrected chi connectivity index (χ1v) is 12.1. The van der Waals surface area contributed by atoms with Crippen molar-refractivity contribution in [2.45, 2.75) is 19.6 Å². The Morgan fingerprint density at radius 1 is 1.03 bits per heavy atom. The largest absolute Gasteiger partial charge is 0.339 e. The fourth-order valence-electron chi connectivity index (χ4n) is 3.53. The molecule has 1 aliphatic rings. The Morgan fingerprint density at radius 3 is 2.35 bits per heavy atom. The van der Waals surface area contributed by atoms with Crippen LogP contribution in [0, 0.1) is 13.8 Å².